The van der Waals surface area contributed by atoms with E-state index in [1.807, 2.05) is 14.1 Å². The van der Waals surface area contributed by atoms with Gasteiger partial charge in [-0.3, -0.25) is 4.79 Å². The second kappa shape index (κ2) is 9.50. The molecule has 0 saturated carbocycles. The number of rotatable bonds is 9. The highest BCUT2D eigenvalue weighted by atomic mass is 35.5. The summed E-state index contributed by atoms with van der Waals surface area (Å²) in [5.74, 6) is 0.830. The lowest BCUT2D eigenvalue weighted by molar-refractivity contribution is -0.115. The van der Waals surface area contributed by atoms with Crippen molar-refractivity contribution in [1.82, 2.24) is 10.2 Å². The summed E-state index contributed by atoms with van der Waals surface area (Å²) in [4.78, 5) is 14.1. The van der Waals surface area contributed by atoms with Gasteiger partial charge in [0.25, 0.3) is 0 Å². The van der Waals surface area contributed by atoms with Crippen LogP contribution < -0.4 is 20.1 Å². The topological polar surface area (TPSA) is 62.8 Å². The van der Waals surface area contributed by atoms with Crippen molar-refractivity contribution in [1.29, 1.82) is 0 Å². The predicted molar refractivity (Wildman–Crippen MR) is 89.2 cm³/mol. The summed E-state index contributed by atoms with van der Waals surface area (Å²) in [7, 11) is 7.08. The Bertz CT molecular complexity index is 495. The number of hydrogen-bond donors (Lipinski definition) is 2. The molecule has 22 heavy (non-hydrogen) atoms. The number of methoxy groups -OCH3 is 2. The van der Waals surface area contributed by atoms with Gasteiger partial charge in [0.15, 0.2) is 0 Å². The first-order valence-corrected chi connectivity index (χ1v) is 7.42. The fraction of sp³-hybridized carbons (Fsp3) is 0.533. The molecule has 0 aliphatic carbocycles. The molecule has 124 valence electrons. The number of nitrogens with one attached hydrogen (secondary N) is 2. The third-order valence-corrected chi connectivity index (χ3v) is 3.29. The summed E-state index contributed by atoms with van der Waals surface area (Å²) < 4.78 is 10.4. The highest BCUT2D eigenvalue weighted by molar-refractivity contribution is 6.32. The third-order valence-electron chi connectivity index (χ3n) is 2.99. The number of amides is 1. The predicted octanol–water partition coefficient (Wildman–Crippen LogP) is 1.84. The lowest BCUT2D eigenvalue weighted by Crippen LogP contribution is -2.30. The van der Waals surface area contributed by atoms with Crippen LogP contribution >= 0.6 is 11.6 Å². The molecule has 0 fully saturated rings. The maximum atomic E-state index is 11.9. The van der Waals surface area contributed by atoms with E-state index in [1.54, 1.807) is 12.1 Å². The molecule has 7 heteroatoms. The lowest BCUT2D eigenvalue weighted by Gasteiger charge is -2.13. The Morgan fingerprint density at radius 2 is 1.91 bits per heavy atom. The van der Waals surface area contributed by atoms with Gasteiger partial charge in [-0.25, -0.2) is 0 Å². The highest BCUT2D eigenvalue weighted by Crippen LogP contribution is 2.35. The van der Waals surface area contributed by atoms with Crippen LogP contribution in [0.3, 0.4) is 0 Å². The molecule has 1 rings (SSSR count). The normalized spacial score (nSPS) is 10.6. The Morgan fingerprint density at radius 3 is 2.50 bits per heavy atom. The molecule has 1 aromatic carbocycles. The number of ether oxygens (including phenoxy) is 2. The fourth-order valence-corrected chi connectivity index (χ4v) is 2.11. The van der Waals surface area contributed by atoms with E-state index < -0.39 is 0 Å². The van der Waals surface area contributed by atoms with E-state index in [0.29, 0.717) is 22.2 Å². The number of hydrogen-bond acceptors (Lipinski definition) is 5. The minimum absolute atomic E-state index is 0.146. The second-order valence-corrected chi connectivity index (χ2v) is 5.48. The minimum atomic E-state index is -0.146. The number of carbonyl (C=O) groups excluding carboxylic acids is 1. The Balaban J connectivity index is 2.53. The van der Waals surface area contributed by atoms with Crippen molar-refractivity contribution >= 4 is 23.2 Å². The van der Waals surface area contributed by atoms with Crippen LogP contribution in [0.25, 0.3) is 0 Å². The molecule has 6 nitrogen and oxygen atoms in total. The van der Waals surface area contributed by atoms with E-state index in [4.69, 9.17) is 21.1 Å². The number of nitrogens with zero attached hydrogens (tertiary/aromatic N) is 1. The van der Waals surface area contributed by atoms with E-state index in [9.17, 15) is 4.79 Å². The zero-order chi connectivity index (χ0) is 16.5. The van der Waals surface area contributed by atoms with Crippen molar-refractivity contribution in [3.63, 3.8) is 0 Å². The first-order valence-electron chi connectivity index (χ1n) is 7.04. The van der Waals surface area contributed by atoms with E-state index in [2.05, 4.69) is 15.5 Å². The number of carbonyl (C=O) groups is 1. The van der Waals surface area contributed by atoms with Crippen LogP contribution in [-0.4, -0.2) is 58.8 Å². The van der Waals surface area contributed by atoms with Crippen LogP contribution in [0.15, 0.2) is 12.1 Å². The SMILES string of the molecule is COc1cc(NC(=O)CNCCCN(C)C)c(OC)cc1Cl. The average molecular weight is 330 g/mol. The zero-order valence-corrected chi connectivity index (χ0v) is 14.3. The molecule has 0 aliphatic rings. The molecular weight excluding hydrogens is 306 g/mol. The van der Waals surface area contributed by atoms with Gasteiger partial charge in [0.2, 0.25) is 5.91 Å². The maximum absolute atomic E-state index is 11.9. The Kier molecular flexibility index (Phi) is 8.01. The van der Waals surface area contributed by atoms with Crippen molar-refractivity contribution in [2.75, 3.05) is 53.3 Å². The summed E-state index contributed by atoms with van der Waals surface area (Å²) in [6.45, 7) is 2.00. The van der Waals surface area contributed by atoms with E-state index >= 15 is 0 Å². The standard InChI is InChI=1S/C15H24ClN3O3/c1-19(2)7-5-6-17-10-15(20)18-12-9-13(21-3)11(16)8-14(12)22-4/h8-9,17H,5-7,10H2,1-4H3,(H,18,20). The molecule has 0 spiro atoms. The molecule has 0 aliphatic heterocycles. The molecule has 0 radical (unpaired) electrons. The number of benzene rings is 1. The van der Waals surface area contributed by atoms with Gasteiger partial charge in [0.05, 0.1) is 31.5 Å². The van der Waals surface area contributed by atoms with Gasteiger partial charge in [-0.15, -0.1) is 0 Å². The van der Waals surface area contributed by atoms with E-state index in [0.717, 1.165) is 19.5 Å². The largest absolute Gasteiger partial charge is 0.495 e. The second-order valence-electron chi connectivity index (χ2n) is 5.07. The summed E-state index contributed by atoms with van der Waals surface area (Å²) in [5, 5.41) is 6.32. The van der Waals surface area contributed by atoms with Crippen molar-refractivity contribution in [2.24, 2.45) is 0 Å². The Hall–Kier alpha value is -1.50. The molecule has 1 amide bonds. The first-order chi connectivity index (χ1) is 10.5. The van der Waals surface area contributed by atoms with Gasteiger partial charge in [-0.2, -0.15) is 0 Å². The van der Waals surface area contributed by atoms with Gasteiger partial charge in [-0.1, -0.05) is 11.6 Å². The zero-order valence-electron chi connectivity index (χ0n) is 13.5. The summed E-state index contributed by atoms with van der Waals surface area (Å²) in [5.41, 5.74) is 0.531. The molecule has 2 N–H and O–H groups in total. The number of halogens is 1. The van der Waals surface area contributed by atoms with Gasteiger partial charge < -0.3 is 25.0 Å². The molecule has 0 aromatic heterocycles. The Morgan fingerprint density at radius 1 is 1.23 bits per heavy atom. The first kappa shape index (κ1) is 18.5. The number of anilines is 1. The maximum Gasteiger partial charge on any atom is 0.238 e. The quantitative estimate of drug-likeness (QED) is 0.677. The van der Waals surface area contributed by atoms with Crippen LogP contribution in [0.4, 0.5) is 5.69 Å². The molecule has 0 atom stereocenters. The highest BCUT2D eigenvalue weighted by Gasteiger charge is 2.12. The van der Waals surface area contributed by atoms with Gasteiger partial charge in [0.1, 0.15) is 11.5 Å². The van der Waals surface area contributed by atoms with Crippen LogP contribution in [-0.2, 0) is 4.79 Å². The minimum Gasteiger partial charge on any atom is -0.495 e. The van der Waals surface area contributed by atoms with Crippen LogP contribution in [0.1, 0.15) is 6.42 Å². The van der Waals surface area contributed by atoms with E-state index in [1.165, 1.54) is 14.2 Å². The molecule has 0 bridgehead atoms. The molecular formula is C15H24ClN3O3. The van der Waals surface area contributed by atoms with Crippen LogP contribution in [0.5, 0.6) is 11.5 Å². The summed E-state index contributed by atoms with van der Waals surface area (Å²) >= 11 is 6.03. The molecule has 0 heterocycles. The Labute approximate surface area is 136 Å². The fourth-order valence-electron chi connectivity index (χ4n) is 1.87. The summed E-state index contributed by atoms with van der Waals surface area (Å²) in [6, 6.07) is 3.26. The van der Waals surface area contributed by atoms with Crippen LogP contribution in [0.2, 0.25) is 5.02 Å². The molecule has 0 saturated heterocycles. The van der Waals surface area contributed by atoms with Gasteiger partial charge in [0, 0.05) is 12.1 Å². The van der Waals surface area contributed by atoms with Crippen molar-refractivity contribution in [2.45, 2.75) is 6.42 Å². The molecule has 0 unspecified atom stereocenters. The van der Waals surface area contributed by atoms with Gasteiger partial charge in [-0.05, 0) is 33.6 Å². The average Bonchev–Trinajstić information content (AvgIpc) is 2.47. The van der Waals surface area contributed by atoms with Crippen molar-refractivity contribution in [3.05, 3.63) is 17.2 Å². The monoisotopic (exact) mass is 329 g/mol. The van der Waals surface area contributed by atoms with Gasteiger partial charge >= 0.3 is 0 Å². The summed E-state index contributed by atoms with van der Waals surface area (Å²) in [6.07, 6.45) is 0.984. The lowest BCUT2D eigenvalue weighted by atomic mass is 10.2. The van der Waals surface area contributed by atoms with Crippen molar-refractivity contribution in [3.8, 4) is 11.5 Å². The van der Waals surface area contributed by atoms with E-state index in [-0.39, 0.29) is 12.5 Å². The van der Waals surface area contributed by atoms with Crippen molar-refractivity contribution < 1.29 is 14.3 Å². The smallest absolute Gasteiger partial charge is 0.238 e. The third kappa shape index (κ3) is 6.09. The molecule has 1 aromatic rings. The van der Waals surface area contributed by atoms with Crippen LogP contribution in [0, 0.1) is 0 Å².